The highest BCUT2D eigenvalue weighted by Crippen LogP contribution is 2.19. The average Bonchev–Trinajstić information content (AvgIpc) is 2.37. The van der Waals surface area contributed by atoms with E-state index in [1.807, 2.05) is 6.07 Å². The van der Waals surface area contributed by atoms with Crippen LogP contribution < -0.4 is 4.74 Å². The van der Waals surface area contributed by atoms with Gasteiger partial charge in [0.2, 0.25) is 0 Å². The summed E-state index contributed by atoms with van der Waals surface area (Å²) in [5, 5.41) is 0.913. The number of nitrogens with zero attached hydrogens (tertiary/aromatic N) is 1. The fourth-order valence-corrected chi connectivity index (χ4v) is 1.55. The first-order chi connectivity index (χ1) is 9.04. The van der Waals surface area contributed by atoms with E-state index in [0.717, 1.165) is 10.9 Å². The summed E-state index contributed by atoms with van der Waals surface area (Å²) in [5.74, 6) is 0.580. The van der Waals surface area contributed by atoms with Crippen molar-refractivity contribution in [3.05, 3.63) is 36.5 Å². The highest BCUT2D eigenvalue weighted by atomic mass is 19.4. The number of aromatic nitrogens is 1. The van der Waals surface area contributed by atoms with Crippen molar-refractivity contribution in [3.8, 4) is 5.75 Å². The van der Waals surface area contributed by atoms with Gasteiger partial charge >= 0.3 is 6.18 Å². The van der Waals surface area contributed by atoms with Crippen LogP contribution >= 0.6 is 0 Å². The third-order valence-corrected chi connectivity index (χ3v) is 2.34. The van der Waals surface area contributed by atoms with Gasteiger partial charge in [-0.3, -0.25) is 4.98 Å². The molecule has 2 aromatic rings. The zero-order valence-corrected chi connectivity index (χ0v) is 9.98. The normalized spacial score (nSPS) is 11.7. The first kappa shape index (κ1) is 13.6. The molecule has 0 fully saturated rings. The van der Waals surface area contributed by atoms with Crippen molar-refractivity contribution < 1.29 is 22.6 Å². The minimum Gasteiger partial charge on any atom is -0.491 e. The summed E-state index contributed by atoms with van der Waals surface area (Å²) in [6.07, 6.45) is -2.61. The Morgan fingerprint density at radius 2 is 1.95 bits per heavy atom. The van der Waals surface area contributed by atoms with E-state index in [1.54, 1.807) is 30.5 Å². The molecule has 19 heavy (non-hydrogen) atoms. The molecule has 0 aliphatic heterocycles. The van der Waals surface area contributed by atoms with Crippen LogP contribution in [0.15, 0.2) is 36.5 Å². The lowest BCUT2D eigenvalue weighted by Crippen LogP contribution is -2.19. The largest absolute Gasteiger partial charge is 0.491 e. The van der Waals surface area contributed by atoms with Crippen LogP contribution in [0.25, 0.3) is 10.9 Å². The number of ether oxygens (including phenoxy) is 2. The van der Waals surface area contributed by atoms with E-state index in [2.05, 4.69) is 9.72 Å². The van der Waals surface area contributed by atoms with E-state index in [1.165, 1.54) is 0 Å². The van der Waals surface area contributed by atoms with E-state index in [4.69, 9.17) is 4.74 Å². The summed E-state index contributed by atoms with van der Waals surface area (Å²) in [5.41, 5.74) is 0.836. The van der Waals surface area contributed by atoms with Gasteiger partial charge in [0.05, 0.1) is 12.1 Å². The van der Waals surface area contributed by atoms with Gasteiger partial charge in [-0.15, -0.1) is 0 Å². The number of hydrogen-bond acceptors (Lipinski definition) is 3. The van der Waals surface area contributed by atoms with Crippen LogP contribution in [0.5, 0.6) is 5.75 Å². The summed E-state index contributed by atoms with van der Waals surface area (Å²) >= 11 is 0. The van der Waals surface area contributed by atoms with Gasteiger partial charge < -0.3 is 9.47 Å². The SMILES string of the molecule is FC(F)(F)COCCOc1ccc2ncccc2c1. The molecule has 0 spiro atoms. The lowest BCUT2D eigenvalue weighted by Gasteiger charge is -2.09. The first-order valence-corrected chi connectivity index (χ1v) is 5.67. The molecule has 0 radical (unpaired) electrons. The Morgan fingerprint density at radius 3 is 2.74 bits per heavy atom. The molecule has 1 heterocycles. The number of rotatable bonds is 5. The van der Waals surface area contributed by atoms with Gasteiger partial charge in [-0.25, -0.2) is 0 Å². The van der Waals surface area contributed by atoms with Crippen molar-refractivity contribution in [2.45, 2.75) is 6.18 Å². The van der Waals surface area contributed by atoms with Crippen LogP contribution in [0.2, 0.25) is 0 Å². The minimum absolute atomic E-state index is 0.0713. The van der Waals surface area contributed by atoms with Gasteiger partial charge in [0, 0.05) is 11.6 Å². The van der Waals surface area contributed by atoms with Crippen LogP contribution in [0.1, 0.15) is 0 Å². The minimum atomic E-state index is -4.30. The fourth-order valence-electron chi connectivity index (χ4n) is 1.55. The molecule has 0 N–H and O–H groups in total. The topological polar surface area (TPSA) is 31.4 Å². The van der Waals surface area contributed by atoms with Gasteiger partial charge in [-0.2, -0.15) is 13.2 Å². The number of hydrogen-bond donors (Lipinski definition) is 0. The molecule has 1 aromatic heterocycles. The van der Waals surface area contributed by atoms with Crippen molar-refractivity contribution in [1.29, 1.82) is 0 Å². The molecule has 2 rings (SSSR count). The molecule has 0 aliphatic rings. The second-order valence-electron chi connectivity index (χ2n) is 3.87. The van der Waals surface area contributed by atoms with Crippen molar-refractivity contribution in [3.63, 3.8) is 0 Å². The Kier molecular flexibility index (Phi) is 4.21. The van der Waals surface area contributed by atoms with Crippen LogP contribution in [0.4, 0.5) is 13.2 Å². The number of fused-ring (bicyclic) bond motifs is 1. The fraction of sp³-hybridized carbons (Fsp3) is 0.308. The zero-order valence-electron chi connectivity index (χ0n) is 9.98. The molecule has 0 saturated carbocycles. The summed E-state index contributed by atoms with van der Waals surface area (Å²) in [7, 11) is 0. The maximum absolute atomic E-state index is 11.8. The third-order valence-electron chi connectivity index (χ3n) is 2.34. The predicted molar refractivity (Wildman–Crippen MR) is 64.1 cm³/mol. The van der Waals surface area contributed by atoms with Crippen molar-refractivity contribution in [1.82, 2.24) is 4.98 Å². The molecule has 0 saturated heterocycles. The summed E-state index contributed by atoms with van der Waals surface area (Å²) < 4.78 is 45.2. The molecular weight excluding hydrogens is 259 g/mol. The quantitative estimate of drug-likeness (QED) is 0.783. The molecular formula is C13H12F3NO2. The lowest BCUT2D eigenvalue weighted by molar-refractivity contribution is -0.175. The molecule has 0 unspecified atom stereocenters. The summed E-state index contributed by atoms with van der Waals surface area (Å²) in [4.78, 5) is 4.15. The summed E-state index contributed by atoms with van der Waals surface area (Å²) in [6.45, 7) is -1.29. The summed E-state index contributed by atoms with van der Waals surface area (Å²) in [6, 6.07) is 8.99. The van der Waals surface area contributed by atoms with E-state index >= 15 is 0 Å². The third kappa shape index (κ3) is 4.40. The monoisotopic (exact) mass is 271 g/mol. The smallest absolute Gasteiger partial charge is 0.411 e. The Bertz CT molecular complexity index is 543. The van der Waals surface area contributed by atoms with Crippen LogP contribution in [-0.2, 0) is 4.74 Å². The van der Waals surface area contributed by atoms with E-state index in [0.29, 0.717) is 5.75 Å². The molecule has 102 valence electrons. The molecule has 3 nitrogen and oxygen atoms in total. The van der Waals surface area contributed by atoms with Crippen LogP contribution in [0, 0.1) is 0 Å². The van der Waals surface area contributed by atoms with Crippen molar-refractivity contribution in [2.75, 3.05) is 19.8 Å². The standard InChI is InChI=1S/C13H12F3NO2/c14-13(15,16)9-18-6-7-19-11-3-4-12-10(8-11)2-1-5-17-12/h1-5,8H,6-7,9H2. The highest BCUT2D eigenvalue weighted by Gasteiger charge is 2.27. The molecule has 6 heteroatoms. The maximum atomic E-state index is 11.8. The van der Waals surface area contributed by atoms with E-state index in [-0.39, 0.29) is 13.2 Å². The zero-order chi connectivity index (χ0) is 13.7. The van der Waals surface area contributed by atoms with Gasteiger partial charge in [0.25, 0.3) is 0 Å². The van der Waals surface area contributed by atoms with Crippen molar-refractivity contribution >= 4 is 10.9 Å². The molecule has 1 aromatic carbocycles. The second-order valence-corrected chi connectivity index (χ2v) is 3.87. The van der Waals surface area contributed by atoms with Crippen LogP contribution in [0.3, 0.4) is 0 Å². The van der Waals surface area contributed by atoms with E-state index in [9.17, 15) is 13.2 Å². The Hall–Kier alpha value is -1.82. The van der Waals surface area contributed by atoms with Gasteiger partial charge in [-0.05, 0) is 24.3 Å². The number of alkyl halides is 3. The molecule has 0 amide bonds. The molecule has 0 atom stereocenters. The first-order valence-electron chi connectivity index (χ1n) is 5.67. The lowest BCUT2D eigenvalue weighted by atomic mass is 10.2. The average molecular weight is 271 g/mol. The Morgan fingerprint density at radius 1 is 1.11 bits per heavy atom. The number of benzene rings is 1. The number of pyridine rings is 1. The van der Waals surface area contributed by atoms with E-state index < -0.39 is 12.8 Å². The predicted octanol–water partition coefficient (Wildman–Crippen LogP) is 3.19. The Labute approximate surface area is 108 Å². The molecule has 0 aliphatic carbocycles. The highest BCUT2D eigenvalue weighted by molar-refractivity contribution is 5.79. The molecule has 0 bridgehead atoms. The van der Waals surface area contributed by atoms with Crippen molar-refractivity contribution in [2.24, 2.45) is 0 Å². The van der Waals surface area contributed by atoms with Gasteiger partial charge in [0.1, 0.15) is 19.0 Å². The Balaban J connectivity index is 1.82. The van der Waals surface area contributed by atoms with Gasteiger partial charge in [0.15, 0.2) is 0 Å². The number of halogens is 3. The maximum Gasteiger partial charge on any atom is 0.411 e. The van der Waals surface area contributed by atoms with Gasteiger partial charge in [-0.1, -0.05) is 6.07 Å². The van der Waals surface area contributed by atoms with Crippen LogP contribution in [-0.4, -0.2) is 31.0 Å². The second kappa shape index (κ2) is 5.88.